The molecule has 1 atom stereocenters. The zero-order chi connectivity index (χ0) is 29.7. The highest BCUT2D eigenvalue weighted by Gasteiger charge is 2.33. The highest BCUT2D eigenvalue weighted by molar-refractivity contribution is 5.92. The average Bonchev–Trinajstić information content (AvgIpc) is 3.82. The number of aryl methyl sites for hydroxylation is 1. The van der Waals surface area contributed by atoms with Gasteiger partial charge in [-0.15, -0.1) is 0 Å². The van der Waals surface area contributed by atoms with Crippen LogP contribution in [0, 0.1) is 6.92 Å². The van der Waals surface area contributed by atoms with E-state index in [2.05, 4.69) is 36.4 Å². The standard InChI is InChI=1S/C33H36N6O3/c1-6-27(41)37-15-16-38(21(5)18-37)31-25-17-24(22-11-12-22)29(23-9-7-8-10-26(23)40)35-32(25)39(33(42)36-31)30-20(4)13-14-34-28(30)19(2)3/h6-10,13-14,17,19,21-22,40H,1,11-12,15-16,18H2,2-5H3. The molecule has 3 aromatic heterocycles. The zero-order valence-corrected chi connectivity index (χ0v) is 24.5. The molecule has 6 rings (SSSR count). The van der Waals surface area contributed by atoms with Crippen LogP contribution < -0.4 is 10.6 Å². The second-order valence-electron chi connectivity index (χ2n) is 11.7. The summed E-state index contributed by atoms with van der Waals surface area (Å²) in [6.45, 7) is 13.3. The Kier molecular flexibility index (Phi) is 7.04. The Morgan fingerprint density at radius 3 is 2.57 bits per heavy atom. The molecular weight excluding hydrogens is 528 g/mol. The molecule has 4 aromatic rings. The van der Waals surface area contributed by atoms with Gasteiger partial charge in [0, 0.05) is 37.4 Å². The summed E-state index contributed by atoms with van der Waals surface area (Å²) in [5, 5.41) is 11.6. The van der Waals surface area contributed by atoms with E-state index in [-0.39, 0.29) is 23.6 Å². The van der Waals surface area contributed by atoms with Gasteiger partial charge in [0.25, 0.3) is 0 Å². The molecule has 216 valence electrons. The minimum atomic E-state index is -0.442. The van der Waals surface area contributed by atoms with Gasteiger partial charge in [-0.3, -0.25) is 9.78 Å². The molecule has 0 bridgehead atoms. The number of phenolic OH excluding ortho intramolecular Hbond substituents is 1. The first kappa shape index (κ1) is 27.6. The van der Waals surface area contributed by atoms with E-state index in [9.17, 15) is 14.7 Å². The molecule has 1 saturated heterocycles. The number of para-hydroxylation sites is 1. The summed E-state index contributed by atoms with van der Waals surface area (Å²) in [4.78, 5) is 45.0. The second kappa shape index (κ2) is 10.7. The van der Waals surface area contributed by atoms with E-state index in [1.165, 1.54) is 6.08 Å². The molecule has 1 aliphatic carbocycles. The Labute approximate surface area is 245 Å². The lowest BCUT2D eigenvalue weighted by Crippen LogP contribution is -2.54. The van der Waals surface area contributed by atoms with Gasteiger partial charge in [-0.05, 0) is 80.0 Å². The van der Waals surface area contributed by atoms with Crippen molar-refractivity contribution in [3.63, 3.8) is 0 Å². The number of nitrogens with zero attached hydrogens (tertiary/aromatic N) is 6. The summed E-state index contributed by atoms with van der Waals surface area (Å²) < 4.78 is 1.60. The van der Waals surface area contributed by atoms with E-state index < -0.39 is 5.69 Å². The zero-order valence-electron chi connectivity index (χ0n) is 24.5. The van der Waals surface area contributed by atoms with Gasteiger partial charge in [0.2, 0.25) is 5.91 Å². The van der Waals surface area contributed by atoms with Gasteiger partial charge in [-0.1, -0.05) is 32.6 Å². The fourth-order valence-electron chi connectivity index (χ4n) is 6.05. The number of hydrogen-bond donors (Lipinski definition) is 1. The predicted molar refractivity (Wildman–Crippen MR) is 164 cm³/mol. The number of rotatable bonds is 6. The van der Waals surface area contributed by atoms with Crippen molar-refractivity contribution < 1.29 is 9.90 Å². The molecule has 1 aromatic carbocycles. The highest BCUT2D eigenvalue weighted by atomic mass is 16.3. The first-order valence-corrected chi connectivity index (χ1v) is 14.6. The van der Waals surface area contributed by atoms with Crippen LogP contribution in [0.2, 0.25) is 0 Å². The number of aromatic hydroxyl groups is 1. The van der Waals surface area contributed by atoms with E-state index in [0.29, 0.717) is 54.0 Å². The monoisotopic (exact) mass is 564 g/mol. The molecule has 0 spiro atoms. The molecule has 2 fully saturated rings. The largest absolute Gasteiger partial charge is 0.507 e. The quantitative estimate of drug-likeness (QED) is 0.326. The maximum atomic E-state index is 14.1. The fourth-order valence-corrected chi connectivity index (χ4v) is 6.05. The van der Waals surface area contributed by atoms with Gasteiger partial charge in [0.1, 0.15) is 11.6 Å². The summed E-state index contributed by atoms with van der Waals surface area (Å²) in [5.74, 6) is 0.978. The SMILES string of the molecule is C=CC(=O)N1CCN(c2nc(=O)n(-c3c(C)ccnc3C(C)C)c3nc(-c4ccccc4O)c(C4CC4)cc23)C(C)C1. The van der Waals surface area contributed by atoms with Crippen LogP contribution in [-0.4, -0.2) is 61.1 Å². The first-order valence-electron chi connectivity index (χ1n) is 14.6. The van der Waals surface area contributed by atoms with Crippen molar-refractivity contribution in [3.05, 3.63) is 82.6 Å². The number of amides is 1. The number of aromatic nitrogens is 4. The van der Waals surface area contributed by atoms with E-state index in [1.54, 1.807) is 27.8 Å². The van der Waals surface area contributed by atoms with Gasteiger partial charge >= 0.3 is 5.69 Å². The number of carbonyl (C=O) groups is 1. The third-order valence-electron chi connectivity index (χ3n) is 8.36. The van der Waals surface area contributed by atoms with Crippen molar-refractivity contribution in [1.29, 1.82) is 0 Å². The normalized spacial score (nSPS) is 17.2. The summed E-state index contributed by atoms with van der Waals surface area (Å²) in [6.07, 6.45) is 5.18. The van der Waals surface area contributed by atoms with Crippen LogP contribution in [0.25, 0.3) is 28.0 Å². The number of phenols is 1. The van der Waals surface area contributed by atoms with Gasteiger partial charge < -0.3 is 14.9 Å². The van der Waals surface area contributed by atoms with Gasteiger partial charge in [0.15, 0.2) is 5.65 Å². The summed E-state index contributed by atoms with van der Waals surface area (Å²) >= 11 is 0. The number of anilines is 1. The van der Waals surface area contributed by atoms with Crippen molar-refractivity contribution in [1.82, 2.24) is 24.4 Å². The number of fused-ring (bicyclic) bond motifs is 1. The van der Waals surface area contributed by atoms with Crippen molar-refractivity contribution in [2.24, 2.45) is 0 Å². The van der Waals surface area contributed by atoms with Crippen molar-refractivity contribution >= 4 is 22.8 Å². The van der Waals surface area contributed by atoms with Gasteiger partial charge in [-0.2, -0.15) is 4.98 Å². The third-order valence-corrected chi connectivity index (χ3v) is 8.36. The molecule has 2 aliphatic rings. The van der Waals surface area contributed by atoms with Gasteiger partial charge in [0.05, 0.1) is 22.5 Å². The number of benzene rings is 1. The predicted octanol–water partition coefficient (Wildman–Crippen LogP) is 5.08. The Morgan fingerprint density at radius 2 is 1.90 bits per heavy atom. The lowest BCUT2D eigenvalue weighted by Gasteiger charge is -2.40. The molecule has 1 unspecified atom stereocenters. The van der Waals surface area contributed by atoms with Crippen LogP contribution in [0.1, 0.15) is 62.3 Å². The van der Waals surface area contributed by atoms with Crippen LogP contribution in [0.3, 0.4) is 0 Å². The smallest absolute Gasteiger partial charge is 0.355 e. The molecule has 1 saturated carbocycles. The molecule has 0 radical (unpaired) electrons. The summed E-state index contributed by atoms with van der Waals surface area (Å²) in [6, 6.07) is 11.1. The number of pyridine rings is 2. The second-order valence-corrected chi connectivity index (χ2v) is 11.7. The summed E-state index contributed by atoms with van der Waals surface area (Å²) in [5.41, 5.74) is 4.75. The maximum absolute atomic E-state index is 14.1. The fraction of sp³-hybridized carbons (Fsp3) is 0.364. The van der Waals surface area contributed by atoms with Crippen LogP contribution in [0.4, 0.5) is 5.82 Å². The molecule has 42 heavy (non-hydrogen) atoms. The van der Waals surface area contributed by atoms with E-state index in [1.807, 2.05) is 32.0 Å². The highest BCUT2D eigenvalue weighted by Crippen LogP contribution is 2.47. The lowest BCUT2D eigenvalue weighted by atomic mass is 9.99. The Bertz CT molecular complexity index is 1770. The maximum Gasteiger partial charge on any atom is 0.355 e. The minimum Gasteiger partial charge on any atom is -0.507 e. The molecule has 9 heteroatoms. The molecular formula is C33H36N6O3. The molecule has 1 aliphatic heterocycles. The van der Waals surface area contributed by atoms with E-state index in [4.69, 9.17) is 9.97 Å². The topological polar surface area (TPSA) is 104 Å². The van der Waals surface area contributed by atoms with E-state index in [0.717, 1.165) is 35.0 Å². The lowest BCUT2D eigenvalue weighted by molar-refractivity contribution is -0.126. The summed E-state index contributed by atoms with van der Waals surface area (Å²) in [7, 11) is 0. The van der Waals surface area contributed by atoms with Gasteiger partial charge in [-0.25, -0.2) is 14.3 Å². The van der Waals surface area contributed by atoms with Crippen LogP contribution in [-0.2, 0) is 4.79 Å². The number of carbonyl (C=O) groups excluding carboxylic acids is 1. The van der Waals surface area contributed by atoms with Crippen LogP contribution in [0.5, 0.6) is 5.75 Å². The Morgan fingerprint density at radius 1 is 1.14 bits per heavy atom. The first-order chi connectivity index (χ1) is 20.2. The third kappa shape index (κ3) is 4.72. The number of piperazine rings is 1. The molecule has 1 amide bonds. The van der Waals surface area contributed by atoms with Crippen molar-refractivity contribution in [2.45, 2.75) is 58.4 Å². The van der Waals surface area contributed by atoms with Crippen molar-refractivity contribution in [2.75, 3.05) is 24.5 Å². The minimum absolute atomic E-state index is 0.0559. The Balaban J connectivity index is 1.66. The van der Waals surface area contributed by atoms with E-state index >= 15 is 0 Å². The molecule has 9 nitrogen and oxygen atoms in total. The van der Waals surface area contributed by atoms with Crippen LogP contribution in [0.15, 0.2) is 60.0 Å². The van der Waals surface area contributed by atoms with Crippen molar-refractivity contribution in [3.8, 4) is 22.7 Å². The Hall–Kier alpha value is -4.53. The van der Waals surface area contributed by atoms with Crippen LogP contribution >= 0.6 is 0 Å². The molecule has 4 heterocycles. The molecule has 1 N–H and O–H groups in total. The number of hydrogen-bond acceptors (Lipinski definition) is 7. The average molecular weight is 565 g/mol.